The Morgan fingerprint density at radius 2 is 1.71 bits per heavy atom. The zero-order valence-corrected chi connectivity index (χ0v) is 13.2. The van der Waals surface area contributed by atoms with E-state index in [1.807, 2.05) is 4.90 Å². The predicted octanol–water partition coefficient (Wildman–Crippen LogP) is 3.31. The van der Waals surface area contributed by atoms with E-state index in [1.54, 1.807) is 0 Å². The van der Waals surface area contributed by atoms with Crippen LogP contribution in [0.4, 0.5) is 0 Å². The van der Waals surface area contributed by atoms with E-state index in [9.17, 15) is 9.59 Å². The highest BCUT2D eigenvalue weighted by atomic mass is 16.4. The molecule has 4 nitrogen and oxygen atoms in total. The lowest BCUT2D eigenvalue weighted by atomic mass is 9.88. The van der Waals surface area contributed by atoms with E-state index in [1.165, 1.54) is 25.7 Å². The normalized spacial score (nSPS) is 22.4. The molecule has 2 fully saturated rings. The predicted molar refractivity (Wildman–Crippen MR) is 81.9 cm³/mol. The molecule has 2 rings (SSSR count). The third-order valence-corrected chi connectivity index (χ3v) is 5.32. The Morgan fingerprint density at radius 3 is 2.24 bits per heavy atom. The van der Waals surface area contributed by atoms with Crippen LogP contribution in [0.1, 0.15) is 64.7 Å². The molecule has 0 aromatic rings. The topological polar surface area (TPSA) is 57.6 Å². The van der Waals surface area contributed by atoms with Gasteiger partial charge in [0.2, 0.25) is 5.91 Å². The highest BCUT2D eigenvalue weighted by molar-refractivity contribution is 5.79. The number of aliphatic carboxylic acids is 1. The molecule has 1 saturated heterocycles. The van der Waals surface area contributed by atoms with Gasteiger partial charge in [0.25, 0.3) is 0 Å². The molecule has 1 unspecified atom stereocenters. The van der Waals surface area contributed by atoms with Crippen molar-refractivity contribution in [2.75, 3.05) is 13.1 Å². The van der Waals surface area contributed by atoms with Crippen LogP contribution in [0.3, 0.4) is 0 Å². The molecular formula is C17H29NO3. The molecule has 1 aliphatic carbocycles. The Balaban J connectivity index is 1.80. The van der Waals surface area contributed by atoms with Gasteiger partial charge in [0.1, 0.15) is 0 Å². The van der Waals surface area contributed by atoms with Crippen molar-refractivity contribution in [3.8, 4) is 0 Å². The van der Waals surface area contributed by atoms with E-state index in [4.69, 9.17) is 5.11 Å². The third-order valence-electron chi connectivity index (χ3n) is 5.32. The monoisotopic (exact) mass is 295 g/mol. The zero-order valence-electron chi connectivity index (χ0n) is 13.2. The summed E-state index contributed by atoms with van der Waals surface area (Å²) in [5.74, 6) is 0.791. The van der Waals surface area contributed by atoms with Crippen LogP contribution in [0.15, 0.2) is 0 Å². The molecule has 0 bridgehead atoms. The maximum Gasteiger partial charge on any atom is 0.303 e. The molecule has 1 atom stereocenters. The molecule has 120 valence electrons. The van der Waals surface area contributed by atoms with E-state index in [2.05, 4.69) is 6.92 Å². The Bertz CT molecular complexity index is 355. The summed E-state index contributed by atoms with van der Waals surface area (Å²) in [6, 6.07) is 0. The maximum atomic E-state index is 12.7. The van der Waals surface area contributed by atoms with Crippen LogP contribution >= 0.6 is 0 Å². The van der Waals surface area contributed by atoms with Crippen LogP contribution in [0.25, 0.3) is 0 Å². The van der Waals surface area contributed by atoms with Crippen LogP contribution < -0.4 is 0 Å². The van der Waals surface area contributed by atoms with Crippen molar-refractivity contribution >= 4 is 11.9 Å². The Labute approximate surface area is 127 Å². The minimum absolute atomic E-state index is 0.184. The molecule has 2 aliphatic rings. The van der Waals surface area contributed by atoms with Crippen LogP contribution in [-0.2, 0) is 9.59 Å². The fraction of sp³-hybridized carbons (Fsp3) is 0.882. The number of carbonyl (C=O) groups excluding carboxylic acids is 1. The largest absolute Gasteiger partial charge is 0.481 e. The van der Waals surface area contributed by atoms with Gasteiger partial charge in [-0.25, -0.2) is 0 Å². The number of carbonyl (C=O) groups is 2. The first-order valence-electron chi connectivity index (χ1n) is 8.60. The van der Waals surface area contributed by atoms with Gasteiger partial charge in [-0.05, 0) is 37.5 Å². The summed E-state index contributed by atoms with van der Waals surface area (Å²) >= 11 is 0. The van der Waals surface area contributed by atoms with Gasteiger partial charge in [-0.2, -0.15) is 0 Å². The summed E-state index contributed by atoms with van der Waals surface area (Å²) in [4.78, 5) is 25.4. The van der Waals surface area contributed by atoms with E-state index in [0.717, 1.165) is 44.7 Å². The lowest BCUT2D eigenvalue weighted by molar-refractivity contribution is -0.139. The molecular weight excluding hydrogens is 266 g/mol. The van der Waals surface area contributed by atoms with E-state index in [0.29, 0.717) is 5.91 Å². The van der Waals surface area contributed by atoms with E-state index in [-0.39, 0.29) is 18.3 Å². The minimum Gasteiger partial charge on any atom is -0.481 e. The molecule has 0 aromatic heterocycles. The summed E-state index contributed by atoms with van der Waals surface area (Å²) in [6.45, 7) is 3.62. The summed E-state index contributed by atoms with van der Waals surface area (Å²) in [7, 11) is 0. The number of rotatable bonds is 6. The number of likely N-dealkylation sites (tertiary alicyclic amines) is 1. The number of hydrogen-bond acceptors (Lipinski definition) is 2. The number of amides is 1. The molecule has 0 radical (unpaired) electrons. The van der Waals surface area contributed by atoms with Gasteiger partial charge in [0, 0.05) is 25.4 Å². The quantitative estimate of drug-likeness (QED) is 0.818. The lowest BCUT2D eigenvalue weighted by Crippen LogP contribution is -2.42. The van der Waals surface area contributed by atoms with Crippen molar-refractivity contribution in [3.05, 3.63) is 0 Å². The smallest absolute Gasteiger partial charge is 0.303 e. The highest BCUT2D eigenvalue weighted by Gasteiger charge is 2.30. The third kappa shape index (κ3) is 4.72. The molecule has 1 amide bonds. The highest BCUT2D eigenvalue weighted by Crippen LogP contribution is 2.32. The van der Waals surface area contributed by atoms with Gasteiger partial charge in [-0.3, -0.25) is 9.59 Å². The molecule has 1 N–H and O–H groups in total. The maximum absolute atomic E-state index is 12.7. The van der Waals surface area contributed by atoms with Gasteiger partial charge in [0.15, 0.2) is 0 Å². The van der Waals surface area contributed by atoms with Gasteiger partial charge in [-0.1, -0.05) is 32.6 Å². The Hall–Kier alpha value is -1.06. The minimum atomic E-state index is -0.715. The second-order valence-electron chi connectivity index (χ2n) is 6.86. The van der Waals surface area contributed by atoms with Crippen LogP contribution in [-0.4, -0.2) is 35.0 Å². The summed E-state index contributed by atoms with van der Waals surface area (Å²) in [5, 5.41) is 8.85. The fourth-order valence-electron chi connectivity index (χ4n) is 3.95. The van der Waals surface area contributed by atoms with Crippen LogP contribution in [0, 0.1) is 17.8 Å². The molecule has 1 heterocycles. The van der Waals surface area contributed by atoms with Crippen LogP contribution in [0.2, 0.25) is 0 Å². The van der Waals surface area contributed by atoms with E-state index >= 15 is 0 Å². The number of hydrogen-bond donors (Lipinski definition) is 1. The lowest BCUT2D eigenvalue weighted by Gasteiger charge is -2.34. The fourth-order valence-corrected chi connectivity index (χ4v) is 3.95. The van der Waals surface area contributed by atoms with Gasteiger partial charge in [-0.15, -0.1) is 0 Å². The van der Waals surface area contributed by atoms with Gasteiger partial charge < -0.3 is 10.0 Å². The average molecular weight is 295 g/mol. The average Bonchev–Trinajstić information content (AvgIpc) is 2.97. The number of nitrogens with zero attached hydrogens (tertiary/aromatic N) is 1. The first kappa shape index (κ1) is 16.3. The van der Waals surface area contributed by atoms with Crippen molar-refractivity contribution in [3.63, 3.8) is 0 Å². The standard InChI is InChI=1S/C17H29NO3/c1-2-15(11-13-5-3-4-6-13)17(21)18-9-7-14(8-10-18)12-16(19)20/h13-15H,2-12H2,1H3,(H,19,20). The van der Waals surface area contributed by atoms with Crippen molar-refractivity contribution in [1.29, 1.82) is 0 Å². The molecule has 4 heteroatoms. The number of carboxylic acid groups (broad SMARTS) is 1. The number of carboxylic acids is 1. The zero-order chi connectivity index (χ0) is 15.2. The van der Waals surface area contributed by atoms with Crippen molar-refractivity contribution in [2.45, 2.75) is 64.7 Å². The molecule has 21 heavy (non-hydrogen) atoms. The molecule has 1 saturated carbocycles. The van der Waals surface area contributed by atoms with Gasteiger partial charge in [0.05, 0.1) is 0 Å². The SMILES string of the molecule is CCC(CC1CCCC1)C(=O)N1CCC(CC(=O)O)CC1. The molecule has 0 aromatic carbocycles. The van der Waals surface area contributed by atoms with Crippen molar-refractivity contribution in [2.24, 2.45) is 17.8 Å². The molecule has 0 spiro atoms. The first-order valence-corrected chi connectivity index (χ1v) is 8.60. The second kappa shape index (κ2) is 7.81. The van der Waals surface area contributed by atoms with Crippen molar-refractivity contribution < 1.29 is 14.7 Å². The summed E-state index contributed by atoms with van der Waals surface area (Å²) in [5.41, 5.74) is 0. The molecule has 1 aliphatic heterocycles. The van der Waals surface area contributed by atoms with Gasteiger partial charge >= 0.3 is 5.97 Å². The van der Waals surface area contributed by atoms with Crippen molar-refractivity contribution in [1.82, 2.24) is 4.90 Å². The summed E-state index contributed by atoms with van der Waals surface area (Å²) < 4.78 is 0. The van der Waals surface area contributed by atoms with E-state index < -0.39 is 5.97 Å². The second-order valence-corrected chi connectivity index (χ2v) is 6.86. The summed E-state index contributed by atoms with van der Waals surface area (Å²) in [6.07, 6.45) is 9.19. The number of piperidine rings is 1. The Kier molecular flexibility index (Phi) is 6.07. The first-order chi connectivity index (χ1) is 10.1. The Morgan fingerprint density at radius 1 is 1.10 bits per heavy atom. The van der Waals surface area contributed by atoms with Crippen LogP contribution in [0.5, 0.6) is 0 Å².